The molecule has 4 unspecified atom stereocenters. The van der Waals surface area contributed by atoms with Crippen molar-refractivity contribution in [1.29, 1.82) is 0 Å². The Morgan fingerprint density at radius 1 is 0.895 bits per heavy atom. The Morgan fingerprint density at radius 3 is 2.08 bits per heavy atom. The Balaban J connectivity index is 2.12. The molecule has 0 radical (unpaired) electrons. The highest BCUT2D eigenvalue weighted by atomic mass is 16.4. The number of amides is 4. The lowest BCUT2D eigenvalue weighted by Gasteiger charge is -2.27. The van der Waals surface area contributed by atoms with Gasteiger partial charge in [0, 0.05) is 23.5 Å². The number of aliphatic carboxylic acids is 1. The van der Waals surface area contributed by atoms with E-state index in [2.05, 4.69) is 20.9 Å². The highest BCUT2D eigenvalue weighted by molar-refractivity contribution is 5.94. The average molecular weight is 531 g/mol. The topological polar surface area (TPSA) is 209 Å². The molecule has 9 N–H and O–H groups in total. The largest absolute Gasteiger partial charge is 0.480 e. The molecule has 0 aliphatic rings. The maximum Gasteiger partial charge on any atom is 0.326 e. The molecule has 1 heterocycles. The summed E-state index contributed by atoms with van der Waals surface area (Å²) in [5.41, 5.74) is 13.1. The lowest BCUT2D eigenvalue weighted by molar-refractivity contribution is -0.143. The van der Waals surface area contributed by atoms with E-state index in [1.165, 1.54) is 0 Å². The van der Waals surface area contributed by atoms with Gasteiger partial charge in [-0.05, 0) is 36.3 Å². The summed E-state index contributed by atoms with van der Waals surface area (Å²) in [4.78, 5) is 64.9. The number of hydrogen-bond donors (Lipinski definition) is 7. The highest BCUT2D eigenvalue weighted by Gasteiger charge is 2.32. The van der Waals surface area contributed by atoms with Crippen molar-refractivity contribution < 1.29 is 29.1 Å². The Labute approximate surface area is 221 Å². The van der Waals surface area contributed by atoms with Gasteiger partial charge in [0.1, 0.15) is 18.1 Å². The summed E-state index contributed by atoms with van der Waals surface area (Å²) in [7, 11) is 0. The second-order valence-corrected chi connectivity index (χ2v) is 10.0. The number of H-pyrrole nitrogens is 1. The predicted octanol–water partition coefficient (Wildman–Crippen LogP) is 0.154. The number of carboxylic acid groups (broad SMARTS) is 1. The number of carboxylic acids is 1. The molecule has 1 aromatic heterocycles. The molecule has 1 aromatic carbocycles. The van der Waals surface area contributed by atoms with Crippen LogP contribution in [0.5, 0.6) is 0 Å². The molecule has 38 heavy (non-hydrogen) atoms. The second kappa shape index (κ2) is 13.6. The van der Waals surface area contributed by atoms with Gasteiger partial charge in [-0.2, -0.15) is 0 Å². The number of aromatic nitrogens is 1. The predicted molar refractivity (Wildman–Crippen MR) is 142 cm³/mol. The van der Waals surface area contributed by atoms with E-state index in [0.717, 1.165) is 16.5 Å². The van der Waals surface area contributed by atoms with Gasteiger partial charge < -0.3 is 37.5 Å². The van der Waals surface area contributed by atoms with Crippen molar-refractivity contribution in [2.75, 3.05) is 0 Å². The lowest BCUT2D eigenvalue weighted by Crippen LogP contribution is -2.59. The van der Waals surface area contributed by atoms with Crippen LogP contribution in [0.15, 0.2) is 30.5 Å². The zero-order valence-electron chi connectivity index (χ0n) is 22.1. The zero-order valence-corrected chi connectivity index (χ0v) is 22.1. The first-order valence-corrected chi connectivity index (χ1v) is 12.5. The SMILES string of the molecule is CC(C)C(NC(=O)C(CCC(N)=O)NC(=O)C(NC(=O)C(N)Cc1c[nH]c2ccccc12)C(C)C)C(=O)O. The average Bonchev–Trinajstić information content (AvgIpc) is 3.24. The number of carbonyl (C=O) groups excluding carboxylic acids is 4. The Morgan fingerprint density at radius 2 is 1.50 bits per heavy atom. The molecule has 4 amide bonds. The number of rotatable bonds is 14. The summed E-state index contributed by atoms with van der Waals surface area (Å²) >= 11 is 0. The van der Waals surface area contributed by atoms with Gasteiger partial charge in [0.15, 0.2) is 0 Å². The molecule has 12 heteroatoms. The Bertz CT molecular complexity index is 1160. The van der Waals surface area contributed by atoms with Crippen molar-refractivity contribution in [2.24, 2.45) is 23.3 Å². The summed E-state index contributed by atoms with van der Waals surface area (Å²) < 4.78 is 0. The number of fused-ring (bicyclic) bond motifs is 1. The fourth-order valence-electron chi connectivity index (χ4n) is 4.01. The van der Waals surface area contributed by atoms with Crippen LogP contribution in [0.1, 0.15) is 46.1 Å². The smallest absolute Gasteiger partial charge is 0.326 e. The van der Waals surface area contributed by atoms with Crippen LogP contribution in [0.4, 0.5) is 0 Å². The number of benzene rings is 1. The van der Waals surface area contributed by atoms with Crippen LogP contribution in [0, 0.1) is 11.8 Å². The first-order chi connectivity index (χ1) is 17.8. The van der Waals surface area contributed by atoms with Crippen molar-refractivity contribution in [3.05, 3.63) is 36.0 Å². The quantitative estimate of drug-likeness (QED) is 0.180. The molecule has 0 fully saturated rings. The van der Waals surface area contributed by atoms with Gasteiger partial charge in [0.2, 0.25) is 23.6 Å². The van der Waals surface area contributed by atoms with E-state index < -0.39 is 59.7 Å². The van der Waals surface area contributed by atoms with Crippen LogP contribution in [0.25, 0.3) is 10.9 Å². The monoisotopic (exact) mass is 530 g/mol. The van der Waals surface area contributed by atoms with Gasteiger partial charge in [0.25, 0.3) is 0 Å². The molecule has 0 bridgehead atoms. The zero-order chi connectivity index (χ0) is 28.6. The van der Waals surface area contributed by atoms with Crippen LogP contribution in [0.2, 0.25) is 0 Å². The molecule has 0 spiro atoms. The van der Waals surface area contributed by atoms with Crippen molar-refractivity contribution in [1.82, 2.24) is 20.9 Å². The second-order valence-electron chi connectivity index (χ2n) is 10.0. The third kappa shape index (κ3) is 8.30. The first-order valence-electron chi connectivity index (χ1n) is 12.5. The number of aromatic amines is 1. The lowest BCUT2D eigenvalue weighted by atomic mass is 9.99. The van der Waals surface area contributed by atoms with E-state index >= 15 is 0 Å². The van der Waals surface area contributed by atoms with Crippen molar-refractivity contribution in [3.8, 4) is 0 Å². The fourth-order valence-corrected chi connectivity index (χ4v) is 4.01. The minimum Gasteiger partial charge on any atom is -0.480 e. The summed E-state index contributed by atoms with van der Waals surface area (Å²) in [6, 6.07) is 3.18. The van der Waals surface area contributed by atoms with E-state index in [4.69, 9.17) is 11.5 Å². The van der Waals surface area contributed by atoms with Gasteiger partial charge in [-0.25, -0.2) is 4.79 Å². The Hall–Kier alpha value is -3.93. The fraction of sp³-hybridized carbons (Fsp3) is 0.500. The number of nitrogens with one attached hydrogen (secondary N) is 4. The molecule has 2 aromatic rings. The number of hydrogen-bond acceptors (Lipinski definition) is 6. The van der Waals surface area contributed by atoms with Gasteiger partial charge in [0.05, 0.1) is 6.04 Å². The van der Waals surface area contributed by atoms with Crippen molar-refractivity contribution in [3.63, 3.8) is 0 Å². The molecule has 208 valence electrons. The van der Waals surface area contributed by atoms with Gasteiger partial charge in [-0.15, -0.1) is 0 Å². The van der Waals surface area contributed by atoms with Crippen molar-refractivity contribution in [2.45, 2.75) is 71.1 Å². The minimum absolute atomic E-state index is 0.143. The van der Waals surface area contributed by atoms with Gasteiger partial charge in [-0.3, -0.25) is 19.2 Å². The van der Waals surface area contributed by atoms with Crippen LogP contribution < -0.4 is 27.4 Å². The van der Waals surface area contributed by atoms with Crippen LogP contribution >= 0.6 is 0 Å². The maximum absolute atomic E-state index is 13.2. The molecule has 12 nitrogen and oxygen atoms in total. The third-order valence-electron chi connectivity index (χ3n) is 6.24. The number of para-hydroxylation sites is 1. The standard InChI is InChI=1S/C26H38N6O6/c1-13(2)21(31-23(34)17(27)11-15-12-29-18-8-6-5-7-16(15)18)25(36)30-19(9-10-20(28)33)24(35)32-22(14(3)4)26(37)38/h5-8,12-14,17,19,21-22,29H,9-11,27H2,1-4H3,(H2,28,33)(H,30,36)(H,31,34)(H,32,35)(H,37,38). The summed E-state index contributed by atoms with van der Waals surface area (Å²) in [6.45, 7) is 6.68. The van der Waals surface area contributed by atoms with Gasteiger partial charge in [-0.1, -0.05) is 45.9 Å². The van der Waals surface area contributed by atoms with E-state index in [1.54, 1.807) is 33.9 Å². The summed E-state index contributed by atoms with van der Waals surface area (Å²) in [5, 5.41) is 17.9. The summed E-state index contributed by atoms with van der Waals surface area (Å²) in [6.07, 6.45) is 1.66. The molecule has 4 atom stereocenters. The minimum atomic E-state index is -1.24. The molecule has 0 aliphatic heterocycles. The van der Waals surface area contributed by atoms with Crippen LogP contribution in [-0.4, -0.2) is 63.9 Å². The molecule has 0 aliphatic carbocycles. The number of carbonyl (C=O) groups is 5. The molecule has 0 saturated carbocycles. The van der Waals surface area contributed by atoms with Crippen molar-refractivity contribution >= 4 is 40.5 Å². The molecular weight excluding hydrogens is 492 g/mol. The number of primary amides is 1. The van der Waals surface area contributed by atoms with Crippen LogP contribution in [-0.2, 0) is 30.4 Å². The van der Waals surface area contributed by atoms with E-state index in [9.17, 15) is 29.1 Å². The molecule has 2 rings (SSSR count). The van der Waals surface area contributed by atoms with E-state index in [1.807, 2.05) is 24.3 Å². The first kappa shape index (κ1) is 30.3. The highest BCUT2D eigenvalue weighted by Crippen LogP contribution is 2.19. The third-order valence-corrected chi connectivity index (χ3v) is 6.24. The maximum atomic E-state index is 13.2. The van der Waals surface area contributed by atoms with Gasteiger partial charge >= 0.3 is 5.97 Å². The van der Waals surface area contributed by atoms with Crippen LogP contribution in [0.3, 0.4) is 0 Å². The van der Waals surface area contributed by atoms with E-state index in [-0.39, 0.29) is 25.2 Å². The number of nitrogens with two attached hydrogens (primary N) is 2. The van der Waals surface area contributed by atoms with E-state index in [0.29, 0.717) is 0 Å². The molecule has 0 saturated heterocycles. The summed E-state index contributed by atoms with van der Waals surface area (Å²) in [5.74, 6) is -4.71. The Kier molecular flexibility index (Phi) is 10.8. The normalized spacial score (nSPS) is 14.5. The molecular formula is C26H38N6O6.